The molecule has 3 aromatic rings. The van der Waals surface area contributed by atoms with Crippen molar-refractivity contribution in [3.63, 3.8) is 0 Å². The van der Waals surface area contributed by atoms with Crippen LogP contribution in [0.5, 0.6) is 0 Å². The van der Waals surface area contributed by atoms with Gasteiger partial charge in [0.05, 0.1) is 5.52 Å². The minimum Gasteiger partial charge on any atom is -0.481 e. The number of fused-ring (bicyclic) bond motifs is 1. The van der Waals surface area contributed by atoms with E-state index < -0.39 is 5.97 Å². The molecular formula is C18H18N2O2. The molecule has 1 aromatic carbocycles. The molecule has 3 rings (SSSR count). The summed E-state index contributed by atoms with van der Waals surface area (Å²) in [5, 5.41) is 10.1. The smallest absolute Gasteiger partial charge is 0.303 e. The van der Waals surface area contributed by atoms with Gasteiger partial charge in [0.2, 0.25) is 0 Å². The van der Waals surface area contributed by atoms with E-state index in [4.69, 9.17) is 5.11 Å². The first kappa shape index (κ1) is 14.3. The average molecular weight is 294 g/mol. The zero-order valence-electron chi connectivity index (χ0n) is 12.7. The van der Waals surface area contributed by atoms with Crippen molar-refractivity contribution in [2.75, 3.05) is 0 Å². The van der Waals surface area contributed by atoms with Crippen LogP contribution in [0.25, 0.3) is 22.0 Å². The molecule has 0 saturated carbocycles. The van der Waals surface area contributed by atoms with Crippen molar-refractivity contribution >= 4 is 16.9 Å². The Morgan fingerprint density at radius 2 is 1.95 bits per heavy atom. The second-order valence-electron chi connectivity index (χ2n) is 5.45. The Morgan fingerprint density at radius 1 is 1.23 bits per heavy atom. The molecule has 2 heterocycles. The molecule has 4 heteroatoms. The van der Waals surface area contributed by atoms with Crippen LogP contribution in [-0.2, 0) is 18.3 Å². The van der Waals surface area contributed by atoms with Crippen molar-refractivity contribution in [2.45, 2.75) is 19.8 Å². The topological polar surface area (TPSA) is 55.1 Å². The van der Waals surface area contributed by atoms with Gasteiger partial charge in [-0.1, -0.05) is 18.2 Å². The maximum absolute atomic E-state index is 10.9. The zero-order valence-corrected chi connectivity index (χ0v) is 12.7. The third-order valence-corrected chi connectivity index (χ3v) is 4.22. The van der Waals surface area contributed by atoms with Crippen LogP contribution in [0.1, 0.15) is 17.7 Å². The molecule has 112 valence electrons. The average Bonchev–Trinajstić information content (AvgIpc) is 2.78. The number of hydrogen-bond donors (Lipinski definition) is 1. The Hall–Kier alpha value is -2.62. The first-order valence-corrected chi connectivity index (χ1v) is 7.28. The summed E-state index contributed by atoms with van der Waals surface area (Å²) in [6.45, 7) is 2.05. The quantitative estimate of drug-likeness (QED) is 0.800. The summed E-state index contributed by atoms with van der Waals surface area (Å²) in [4.78, 5) is 15.0. The molecule has 0 saturated heterocycles. The molecule has 4 nitrogen and oxygen atoms in total. The van der Waals surface area contributed by atoms with Gasteiger partial charge in [-0.15, -0.1) is 0 Å². The van der Waals surface area contributed by atoms with Crippen molar-refractivity contribution < 1.29 is 9.90 Å². The number of carboxylic acids is 1. The molecule has 0 radical (unpaired) electrons. The van der Waals surface area contributed by atoms with Gasteiger partial charge >= 0.3 is 5.97 Å². The number of aryl methyl sites for hydroxylation is 2. The maximum atomic E-state index is 10.9. The molecule has 0 aliphatic rings. The largest absolute Gasteiger partial charge is 0.481 e. The van der Waals surface area contributed by atoms with Crippen LogP contribution in [0.3, 0.4) is 0 Å². The van der Waals surface area contributed by atoms with Gasteiger partial charge < -0.3 is 9.67 Å². The number of carboxylic acid groups (broad SMARTS) is 1. The van der Waals surface area contributed by atoms with Crippen molar-refractivity contribution in [1.82, 2.24) is 9.55 Å². The van der Waals surface area contributed by atoms with Crippen LogP contribution in [0.4, 0.5) is 0 Å². The Morgan fingerprint density at radius 3 is 2.64 bits per heavy atom. The molecule has 0 unspecified atom stereocenters. The van der Waals surface area contributed by atoms with Crippen molar-refractivity contribution in [3.05, 3.63) is 54.0 Å². The van der Waals surface area contributed by atoms with Crippen LogP contribution in [0, 0.1) is 6.92 Å². The summed E-state index contributed by atoms with van der Waals surface area (Å²) < 4.78 is 2.16. The number of rotatable bonds is 4. The lowest BCUT2D eigenvalue weighted by atomic mass is 10.0. The first-order valence-electron chi connectivity index (χ1n) is 7.28. The van der Waals surface area contributed by atoms with E-state index in [2.05, 4.69) is 21.7 Å². The van der Waals surface area contributed by atoms with Gasteiger partial charge in [0, 0.05) is 42.5 Å². The van der Waals surface area contributed by atoms with Gasteiger partial charge in [-0.25, -0.2) is 0 Å². The molecule has 2 aromatic heterocycles. The van der Waals surface area contributed by atoms with Crippen molar-refractivity contribution in [2.24, 2.45) is 7.05 Å². The van der Waals surface area contributed by atoms with E-state index in [9.17, 15) is 4.79 Å². The van der Waals surface area contributed by atoms with Gasteiger partial charge in [-0.2, -0.15) is 0 Å². The van der Waals surface area contributed by atoms with Gasteiger partial charge in [0.15, 0.2) is 0 Å². The third-order valence-electron chi connectivity index (χ3n) is 4.22. The van der Waals surface area contributed by atoms with Crippen LogP contribution >= 0.6 is 0 Å². The fraction of sp³-hybridized carbons (Fsp3) is 0.222. The summed E-state index contributed by atoms with van der Waals surface area (Å²) in [5.74, 6) is -0.762. The summed E-state index contributed by atoms with van der Waals surface area (Å²) in [6, 6.07) is 10.2. The summed E-state index contributed by atoms with van der Waals surface area (Å²) in [5.41, 5.74) is 5.65. The Kier molecular flexibility index (Phi) is 3.67. The van der Waals surface area contributed by atoms with Gasteiger partial charge in [0.1, 0.15) is 0 Å². The number of nitrogens with zero attached hydrogens (tertiary/aromatic N) is 2. The minimum atomic E-state index is -0.762. The molecule has 22 heavy (non-hydrogen) atoms. The molecule has 0 atom stereocenters. The van der Waals surface area contributed by atoms with E-state index in [1.807, 2.05) is 32.2 Å². The molecule has 0 amide bonds. The predicted octanol–water partition coefficient (Wildman–Crippen LogP) is 3.57. The number of hydrogen-bond acceptors (Lipinski definition) is 2. The SMILES string of the molecule is Cc1c(CCC(=O)O)c2cccc(-c3ccncc3)c2n1C. The summed E-state index contributed by atoms with van der Waals surface area (Å²) in [7, 11) is 2.03. The van der Waals surface area contributed by atoms with Crippen molar-refractivity contribution in [3.8, 4) is 11.1 Å². The van der Waals surface area contributed by atoms with Crippen LogP contribution in [0.2, 0.25) is 0 Å². The summed E-state index contributed by atoms with van der Waals surface area (Å²) >= 11 is 0. The number of carbonyl (C=O) groups is 1. The number of para-hydroxylation sites is 1. The molecule has 0 spiro atoms. The fourth-order valence-electron chi connectivity index (χ4n) is 3.03. The standard InChI is InChI=1S/C18H18N2O2/c1-12-14(6-7-17(21)22)16-5-3-4-15(18(16)20(12)2)13-8-10-19-11-9-13/h3-5,8-11H,6-7H2,1-2H3,(H,21,22). The zero-order chi connectivity index (χ0) is 15.7. The van der Waals surface area contributed by atoms with E-state index in [1.165, 1.54) is 0 Å². The van der Waals surface area contributed by atoms with Crippen LogP contribution < -0.4 is 0 Å². The molecule has 0 aliphatic heterocycles. The highest BCUT2D eigenvalue weighted by Crippen LogP contribution is 2.33. The highest BCUT2D eigenvalue weighted by molar-refractivity contribution is 5.97. The van der Waals surface area contributed by atoms with Crippen LogP contribution in [0.15, 0.2) is 42.7 Å². The second kappa shape index (κ2) is 5.64. The van der Waals surface area contributed by atoms with Crippen LogP contribution in [-0.4, -0.2) is 20.6 Å². The van der Waals surface area contributed by atoms with E-state index in [1.54, 1.807) is 12.4 Å². The van der Waals surface area contributed by atoms with E-state index in [-0.39, 0.29) is 6.42 Å². The molecule has 0 fully saturated rings. The molecular weight excluding hydrogens is 276 g/mol. The molecule has 0 bridgehead atoms. The highest BCUT2D eigenvalue weighted by Gasteiger charge is 2.16. The van der Waals surface area contributed by atoms with Gasteiger partial charge in [0.25, 0.3) is 0 Å². The second-order valence-corrected chi connectivity index (χ2v) is 5.45. The lowest BCUT2D eigenvalue weighted by Crippen LogP contribution is -1.99. The number of aromatic nitrogens is 2. The lowest BCUT2D eigenvalue weighted by molar-refractivity contribution is -0.136. The van der Waals surface area contributed by atoms with E-state index in [0.717, 1.165) is 33.3 Å². The van der Waals surface area contributed by atoms with Gasteiger partial charge in [-0.05, 0) is 36.6 Å². The third kappa shape index (κ3) is 2.37. The normalized spacial score (nSPS) is 11.0. The highest BCUT2D eigenvalue weighted by atomic mass is 16.4. The van der Waals surface area contributed by atoms with Gasteiger partial charge in [-0.3, -0.25) is 9.78 Å². The number of pyridine rings is 1. The summed E-state index contributed by atoms with van der Waals surface area (Å²) in [6.07, 6.45) is 4.28. The Bertz CT molecular complexity index is 835. The maximum Gasteiger partial charge on any atom is 0.303 e. The predicted molar refractivity (Wildman–Crippen MR) is 86.8 cm³/mol. The Labute approximate surface area is 129 Å². The number of aliphatic carboxylic acids is 1. The monoisotopic (exact) mass is 294 g/mol. The molecule has 1 N–H and O–H groups in total. The number of benzene rings is 1. The lowest BCUT2D eigenvalue weighted by Gasteiger charge is -2.06. The molecule has 0 aliphatic carbocycles. The fourth-order valence-corrected chi connectivity index (χ4v) is 3.03. The van der Waals surface area contributed by atoms with Crippen molar-refractivity contribution in [1.29, 1.82) is 0 Å². The Balaban J connectivity index is 2.21. The van der Waals surface area contributed by atoms with E-state index >= 15 is 0 Å². The van der Waals surface area contributed by atoms with E-state index in [0.29, 0.717) is 6.42 Å². The first-order chi connectivity index (χ1) is 10.6. The minimum absolute atomic E-state index is 0.152.